The lowest BCUT2D eigenvalue weighted by molar-refractivity contribution is -0.132. The van der Waals surface area contributed by atoms with Gasteiger partial charge in [0.1, 0.15) is 28.7 Å². The largest absolute Gasteiger partial charge is 0.497 e. The van der Waals surface area contributed by atoms with Crippen LogP contribution in [0.2, 0.25) is 0 Å². The first-order valence-electron chi connectivity index (χ1n) is 54.2. The van der Waals surface area contributed by atoms with Gasteiger partial charge in [-0.05, 0) is 364 Å². The summed E-state index contributed by atoms with van der Waals surface area (Å²) in [6.07, 6.45) is 19.8. The van der Waals surface area contributed by atoms with E-state index in [4.69, 9.17) is 34.9 Å². The van der Waals surface area contributed by atoms with Gasteiger partial charge in [0.05, 0.1) is 35.5 Å². The van der Waals surface area contributed by atoms with Crippen molar-refractivity contribution in [2.24, 2.45) is 28.8 Å². The van der Waals surface area contributed by atoms with Crippen LogP contribution in [-0.4, -0.2) is 267 Å². The predicted octanol–water partition coefficient (Wildman–Crippen LogP) is 22.9. The quantitative estimate of drug-likeness (QED) is 0.0229. The molecule has 9 aromatic rings. The number of fused-ring (bicyclic) bond motifs is 5. The molecule has 0 saturated carbocycles. The number of rotatable bonds is 26. The molecule has 9 aromatic carbocycles. The first kappa shape index (κ1) is 113. The Morgan fingerprint density at radius 3 is 0.893 bits per heavy atom. The van der Waals surface area contributed by atoms with Crippen LogP contribution in [0, 0.1) is 51.4 Å². The van der Waals surface area contributed by atoms with E-state index < -0.39 is 0 Å². The zero-order valence-electron chi connectivity index (χ0n) is 89.5. The number of carbonyl (C=O) groups excluding carboxylic acids is 5. The number of ether oxygens (including phenoxy) is 5. The average molecular weight is 2120 g/mol. The van der Waals surface area contributed by atoms with Gasteiger partial charge in [0.2, 0.25) is 23.6 Å². The summed E-state index contributed by atoms with van der Waals surface area (Å²) >= 11 is 9.15. The number of hydrogen-bond donors (Lipinski definition) is 1. The molecular formula is C120H158N14O10S5. The van der Waals surface area contributed by atoms with E-state index in [1.807, 2.05) is 132 Å². The fraction of sp³-hybridized carbons (Fsp3) is 0.508. The van der Waals surface area contributed by atoms with Gasteiger partial charge < -0.3 is 78.4 Å². The highest BCUT2D eigenvalue weighted by atomic mass is 32.2. The minimum absolute atomic E-state index is 0.200. The molecule has 10 heterocycles. The number of benzene rings is 9. The van der Waals surface area contributed by atoms with Gasteiger partial charge in [-0.3, -0.25) is 19.2 Å². The first-order chi connectivity index (χ1) is 72.5. The van der Waals surface area contributed by atoms with Gasteiger partial charge in [-0.2, -0.15) is 0 Å². The third-order valence-electron chi connectivity index (χ3n) is 30.9. The van der Waals surface area contributed by atoms with Gasteiger partial charge in [-0.1, -0.05) is 94.6 Å². The molecule has 0 bridgehead atoms. The number of anilines is 1. The monoisotopic (exact) mass is 2120 g/mol. The van der Waals surface area contributed by atoms with E-state index in [-0.39, 0.29) is 29.7 Å². The Morgan fingerprint density at radius 1 is 0.315 bits per heavy atom. The van der Waals surface area contributed by atoms with Crippen LogP contribution in [0.15, 0.2) is 206 Å². The number of carbonyl (C=O) groups is 5. The molecule has 29 heteroatoms. The maximum Gasteiger partial charge on any atom is 0.320 e. The second-order valence-electron chi connectivity index (χ2n) is 41.6. The van der Waals surface area contributed by atoms with Gasteiger partial charge in [0.15, 0.2) is 0 Å². The van der Waals surface area contributed by atoms with E-state index in [0.29, 0.717) is 70.2 Å². The summed E-state index contributed by atoms with van der Waals surface area (Å²) in [5.41, 5.74) is 33.0. The third kappa shape index (κ3) is 34.4. The van der Waals surface area contributed by atoms with Crippen LogP contribution in [0.4, 0.5) is 16.2 Å². The minimum atomic E-state index is 0.200. The van der Waals surface area contributed by atoms with Gasteiger partial charge in [-0.25, -0.2) is 4.79 Å². The van der Waals surface area contributed by atoms with Gasteiger partial charge >= 0.3 is 6.03 Å². The van der Waals surface area contributed by atoms with Crippen LogP contribution < -0.4 is 29.4 Å². The zero-order chi connectivity index (χ0) is 104. The van der Waals surface area contributed by atoms with Crippen molar-refractivity contribution >= 4 is 99.8 Å². The topological polar surface area (TPSA) is 239 Å². The summed E-state index contributed by atoms with van der Waals surface area (Å²) < 4.78 is 26.8. The minimum Gasteiger partial charge on any atom is -0.497 e. The second-order valence-corrected chi connectivity index (χ2v) is 47.3. The lowest BCUT2D eigenvalue weighted by Crippen LogP contribution is -2.45. The molecule has 0 atom stereocenters. The number of nitrogens with two attached hydrogens (primary N) is 1. The number of hydrogen-bond acceptors (Lipinski definition) is 21. The lowest BCUT2D eigenvalue weighted by atomic mass is 9.89. The molecule has 6 amide bonds. The number of piperidine rings is 5. The number of thioether (sulfide) groups is 5. The van der Waals surface area contributed by atoms with E-state index in [0.717, 1.165) is 255 Å². The fourth-order valence-electron chi connectivity index (χ4n) is 21.7. The van der Waals surface area contributed by atoms with E-state index in [9.17, 15) is 24.0 Å². The number of nitrogens with zero attached hydrogens (tertiary/aromatic N) is 13. The van der Waals surface area contributed by atoms with Gasteiger partial charge in [0, 0.05) is 200 Å². The number of likely N-dealkylation sites (tertiary alicyclic amines) is 5. The Morgan fingerprint density at radius 2 is 0.591 bits per heavy atom. The lowest BCUT2D eigenvalue weighted by Gasteiger charge is -2.32. The van der Waals surface area contributed by atoms with Crippen LogP contribution in [-0.2, 0) is 77.6 Å². The highest BCUT2D eigenvalue weighted by Crippen LogP contribution is 2.40. The third-order valence-corrected chi connectivity index (χ3v) is 36.4. The molecule has 10 aliphatic rings. The molecule has 0 spiro atoms. The van der Waals surface area contributed by atoms with Crippen molar-refractivity contribution in [2.75, 3.05) is 194 Å². The van der Waals surface area contributed by atoms with Crippen molar-refractivity contribution in [1.29, 1.82) is 0 Å². The number of amides is 6. The van der Waals surface area contributed by atoms with Crippen LogP contribution in [0.1, 0.15) is 169 Å². The van der Waals surface area contributed by atoms with Crippen LogP contribution in [0.3, 0.4) is 0 Å². The van der Waals surface area contributed by atoms with Gasteiger partial charge in [0.25, 0.3) is 0 Å². The molecule has 10 aliphatic heterocycles. The van der Waals surface area contributed by atoms with E-state index in [1.54, 1.807) is 35.5 Å². The fourth-order valence-corrected chi connectivity index (χ4v) is 26.7. The maximum absolute atomic E-state index is 13.0. The number of urea groups is 1. The van der Waals surface area contributed by atoms with Crippen molar-refractivity contribution in [2.45, 2.75) is 207 Å². The molecule has 0 unspecified atom stereocenters. The Labute approximate surface area is 907 Å². The van der Waals surface area contributed by atoms with Crippen molar-refractivity contribution < 1.29 is 47.7 Å². The SMILES string of the molecule is COc1ccc2c(c1)CN(C(=O)CCN1CCC(Cc3ccc(C)cc3)CC1)CCS2.COc1ccc2c(c1)CN(C(=O)CCN1CCC(Cc3ccc(C)cc3)CC1)CCS2.COc1ccc2c(c1)CN(C(=O)CCN1CCC(Cc3ccc(C)cc3N)CC1)CCS2.COc1ccc2c(c1)CN(C(=O)CCN1CCC(Cc3ccc(C)cc3N=[N+]=[N-])CC1)CCS2.COc1ccc2c(c1)CN(C(=O)N1CCCCC1)CCS2. The van der Waals surface area contributed by atoms with Crippen LogP contribution >= 0.6 is 58.8 Å². The van der Waals surface area contributed by atoms with E-state index in [2.05, 4.69) is 190 Å². The summed E-state index contributed by atoms with van der Waals surface area (Å²) in [5, 5.41) is 3.89. The zero-order valence-corrected chi connectivity index (χ0v) is 93.6. The Kier molecular flexibility index (Phi) is 44.0. The number of azide groups is 1. The van der Waals surface area contributed by atoms with Crippen molar-refractivity contribution in [3.05, 3.63) is 259 Å². The summed E-state index contributed by atoms with van der Waals surface area (Å²) in [5.74, 6) is 12.9. The van der Waals surface area contributed by atoms with Crippen molar-refractivity contribution in [3.8, 4) is 28.7 Å². The number of aryl methyl sites for hydroxylation is 4. The van der Waals surface area contributed by atoms with Crippen molar-refractivity contribution in [1.82, 2.24) is 49.0 Å². The molecule has 149 heavy (non-hydrogen) atoms. The van der Waals surface area contributed by atoms with E-state index in [1.165, 1.54) is 143 Å². The molecule has 2 N–H and O–H groups in total. The molecule has 798 valence electrons. The molecule has 19 rings (SSSR count). The Bertz CT molecular complexity index is 5750. The highest BCUT2D eigenvalue weighted by Gasteiger charge is 2.33. The molecule has 5 fully saturated rings. The molecule has 0 aromatic heterocycles. The highest BCUT2D eigenvalue weighted by molar-refractivity contribution is 8.00. The molecular weight excluding hydrogens is 1960 g/mol. The van der Waals surface area contributed by atoms with Crippen molar-refractivity contribution in [3.63, 3.8) is 0 Å². The average Bonchev–Trinajstić information content (AvgIpc) is 1.73. The van der Waals surface area contributed by atoms with E-state index >= 15 is 0 Å². The smallest absolute Gasteiger partial charge is 0.320 e. The first-order valence-corrected chi connectivity index (χ1v) is 59.1. The maximum atomic E-state index is 13.0. The predicted molar refractivity (Wildman–Crippen MR) is 609 cm³/mol. The molecule has 0 radical (unpaired) electrons. The summed E-state index contributed by atoms with van der Waals surface area (Å²) in [6, 6.07) is 61.6. The number of nitrogen functional groups attached to an aromatic ring is 1. The summed E-state index contributed by atoms with van der Waals surface area (Å²) in [7, 11) is 8.43. The Hall–Kier alpha value is -10.2. The molecule has 5 saturated heterocycles. The van der Waals surface area contributed by atoms with Crippen LogP contribution in [0.5, 0.6) is 28.7 Å². The standard InChI is InChI=1S/C26H33N5O2S.C26H35N3O2S.2C26H34N2O2S.C16H22N2O2S/c1-19-3-4-21(24(15-19)28-29-27)16-20-7-10-30(11-8-20)12-9-26(32)31-13-14-34-25-6-5-23(33-2)17-22(25)18-31;1-19-3-4-21(24(27)15-19)16-20-7-10-28(11-8-20)12-9-26(30)29-13-14-32-25-6-5-23(31-2)17-22(25)18-29;2*1-20-3-5-21(6-4-20)17-22-9-12-27(13-10-22)14-11-26(29)28-15-16-31-25-8-7-24(30-2)18-23(25)19-28;1-20-14-5-6-15-13(11-14)12-18(9-10-21-15)16(19)17-7-3-2-4-8-17/h3-6,15,17,20H,7-14,16,18H2,1-2H3;3-6,15,17,20H,7-14,16,18,27H2,1-2H3;2*3-8,18,22H,9-17,19H2,1-2H3;5-6,11H,2-4,7-10,12H2,1H3. The molecule has 24 nitrogen and oxygen atoms in total. The van der Waals surface area contributed by atoms with Crippen LogP contribution in [0.25, 0.3) is 10.4 Å². The molecule has 0 aliphatic carbocycles. The Balaban J connectivity index is 0.000000140. The second kappa shape index (κ2) is 58.1. The summed E-state index contributed by atoms with van der Waals surface area (Å²) in [4.78, 5) is 95.8. The number of methoxy groups -OCH3 is 5. The summed E-state index contributed by atoms with van der Waals surface area (Å²) in [6.45, 7) is 29.7. The van der Waals surface area contributed by atoms with Gasteiger partial charge in [-0.15, -0.1) is 58.8 Å². The normalized spacial score (nSPS) is 17.7.